The van der Waals surface area contributed by atoms with Crippen molar-refractivity contribution >= 4 is 35.1 Å². The molecule has 2 amide bonds. The van der Waals surface area contributed by atoms with Gasteiger partial charge >= 0.3 is 12.1 Å². The molecule has 3 rings (SSSR count). The summed E-state index contributed by atoms with van der Waals surface area (Å²) in [5, 5.41) is 10.1. The molecule has 32 heavy (non-hydrogen) atoms. The number of halogens is 1. The number of hydrogen-bond donors (Lipinski definition) is 2. The van der Waals surface area contributed by atoms with Gasteiger partial charge in [-0.25, -0.2) is 14.6 Å². The van der Waals surface area contributed by atoms with Gasteiger partial charge in [-0.3, -0.25) is 19.5 Å². The van der Waals surface area contributed by atoms with Crippen LogP contribution in [0.25, 0.3) is 0 Å². The molecule has 2 fully saturated rings. The molecule has 1 aromatic carbocycles. The third-order valence-corrected chi connectivity index (χ3v) is 5.41. The molecule has 0 unspecified atom stereocenters. The molecule has 1 aromatic rings. The van der Waals surface area contributed by atoms with Crippen LogP contribution in [-0.4, -0.2) is 72.7 Å². The lowest BCUT2D eigenvalue weighted by atomic mass is 10.1. The number of hydrazine groups is 1. The van der Waals surface area contributed by atoms with Crippen molar-refractivity contribution in [3.63, 3.8) is 0 Å². The predicted molar refractivity (Wildman–Crippen MR) is 113 cm³/mol. The molecule has 2 aliphatic heterocycles. The Morgan fingerprint density at radius 3 is 2.66 bits per heavy atom. The van der Waals surface area contributed by atoms with Crippen molar-refractivity contribution in [2.75, 3.05) is 42.5 Å². The molecule has 174 valence electrons. The van der Waals surface area contributed by atoms with Gasteiger partial charge in [0.2, 0.25) is 5.91 Å². The van der Waals surface area contributed by atoms with Gasteiger partial charge in [0.05, 0.1) is 30.9 Å². The van der Waals surface area contributed by atoms with Gasteiger partial charge in [-0.1, -0.05) is 0 Å². The second-order valence-electron chi connectivity index (χ2n) is 7.83. The van der Waals surface area contributed by atoms with Gasteiger partial charge < -0.3 is 19.5 Å². The molecule has 0 radical (unpaired) electrons. The smallest absolute Gasteiger partial charge is 0.414 e. The van der Waals surface area contributed by atoms with Gasteiger partial charge in [0.15, 0.2) is 0 Å². The van der Waals surface area contributed by atoms with E-state index in [1.165, 1.54) is 22.9 Å². The van der Waals surface area contributed by atoms with Crippen LogP contribution in [0.4, 0.5) is 20.6 Å². The molecule has 10 nitrogen and oxygen atoms in total. The van der Waals surface area contributed by atoms with Crippen LogP contribution in [0.3, 0.4) is 0 Å². The Labute approximate surface area is 184 Å². The Hall–Kier alpha value is -3.21. The van der Waals surface area contributed by atoms with Crippen LogP contribution in [0.1, 0.15) is 32.6 Å². The highest BCUT2D eigenvalue weighted by atomic mass is 19.1. The minimum absolute atomic E-state index is 0.0176. The van der Waals surface area contributed by atoms with Crippen LogP contribution < -0.4 is 15.2 Å². The van der Waals surface area contributed by atoms with Crippen LogP contribution >= 0.6 is 0 Å². The van der Waals surface area contributed by atoms with Gasteiger partial charge in [0.1, 0.15) is 17.7 Å². The van der Waals surface area contributed by atoms with Crippen molar-refractivity contribution in [2.45, 2.75) is 38.7 Å². The highest BCUT2D eigenvalue weighted by molar-refractivity contribution is 5.90. The van der Waals surface area contributed by atoms with Gasteiger partial charge in [-0.2, -0.15) is 0 Å². The quantitative estimate of drug-likeness (QED) is 0.612. The summed E-state index contributed by atoms with van der Waals surface area (Å²) in [5.74, 6) is -1.85. The molecule has 0 aliphatic carbocycles. The number of benzene rings is 1. The molecular weight excluding hydrogens is 423 g/mol. The van der Waals surface area contributed by atoms with Gasteiger partial charge in [0.25, 0.3) is 0 Å². The maximum atomic E-state index is 14.9. The minimum atomic E-state index is -1.04. The lowest BCUT2D eigenvalue weighted by Crippen LogP contribution is -2.43. The summed E-state index contributed by atoms with van der Waals surface area (Å²) in [6.07, 6.45) is -0.579. The number of nitrogens with one attached hydrogen (secondary N) is 1. The number of nitrogens with zero attached hydrogens (tertiary/aromatic N) is 3. The van der Waals surface area contributed by atoms with E-state index in [-0.39, 0.29) is 37.6 Å². The van der Waals surface area contributed by atoms with Crippen LogP contribution in [0.5, 0.6) is 0 Å². The van der Waals surface area contributed by atoms with E-state index in [0.29, 0.717) is 43.9 Å². The maximum Gasteiger partial charge on any atom is 0.414 e. The fourth-order valence-corrected chi connectivity index (χ4v) is 3.70. The Kier molecular flexibility index (Phi) is 7.62. The average Bonchev–Trinajstić information content (AvgIpc) is 2.94. The van der Waals surface area contributed by atoms with E-state index in [2.05, 4.69) is 5.43 Å². The van der Waals surface area contributed by atoms with Crippen LogP contribution in [-0.2, 0) is 19.1 Å². The first-order chi connectivity index (χ1) is 15.2. The molecule has 0 spiro atoms. The second-order valence-corrected chi connectivity index (χ2v) is 7.83. The number of carbonyl (C=O) groups is 4. The van der Waals surface area contributed by atoms with Crippen LogP contribution in [0.2, 0.25) is 0 Å². The minimum Gasteiger partial charge on any atom is -0.481 e. The van der Waals surface area contributed by atoms with Crippen LogP contribution in [0, 0.1) is 5.82 Å². The summed E-state index contributed by atoms with van der Waals surface area (Å²) in [4.78, 5) is 49.3. The summed E-state index contributed by atoms with van der Waals surface area (Å²) in [5.41, 5.74) is 3.66. The Balaban J connectivity index is 1.61. The Morgan fingerprint density at radius 1 is 1.19 bits per heavy atom. The van der Waals surface area contributed by atoms with Gasteiger partial charge in [0, 0.05) is 32.5 Å². The van der Waals surface area contributed by atoms with Crippen molar-refractivity contribution in [3.05, 3.63) is 24.0 Å². The molecule has 2 aliphatic rings. The highest BCUT2D eigenvalue weighted by Crippen LogP contribution is 2.29. The number of rotatable bonds is 8. The number of carbonyl (C=O) groups excluding carboxylic acids is 3. The summed E-state index contributed by atoms with van der Waals surface area (Å²) < 4.78 is 20.2. The van der Waals surface area contributed by atoms with E-state index >= 15 is 0 Å². The zero-order chi connectivity index (χ0) is 23.3. The number of carboxylic acid groups (broad SMARTS) is 1. The standard InChI is InChI=1S/C21H27FN4O6/c1-14(27)2-4-16-13-25(21(31)32-16)15-3-5-18(17(22)12-15)24-9-8-23-26(11-10-24)19(28)6-7-20(29)30/h3,5,12,16,23H,2,4,6-11,13H2,1H3,(H,29,30)/t16-/m0/s1. The average molecular weight is 450 g/mol. The molecule has 1 atom stereocenters. The van der Waals surface area contributed by atoms with Crippen molar-refractivity contribution in [3.8, 4) is 0 Å². The number of aliphatic carboxylic acids is 1. The summed E-state index contributed by atoms with van der Waals surface area (Å²) >= 11 is 0. The molecule has 2 saturated heterocycles. The maximum absolute atomic E-state index is 14.9. The zero-order valence-corrected chi connectivity index (χ0v) is 17.9. The lowest BCUT2D eigenvalue weighted by Gasteiger charge is -2.24. The number of Topliss-reactive ketones (excluding diaryl/α,β-unsaturated/α-hetero) is 1. The fourth-order valence-electron chi connectivity index (χ4n) is 3.70. The number of ether oxygens (including phenoxy) is 1. The third kappa shape index (κ3) is 5.94. The van der Waals surface area contributed by atoms with E-state index in [0.717, 1.165) is 0 Å². The number of hydrogen-bond acceptors (Lipinski definition) is 7. The van der Waals surface area contributed by atoms with E-state index in [1.807, 2.05) is 0 Å². The summed E-state index contributed by atoms with van der Waals surface area (Å²) in [6, 6.07) is 4.50. The largest absolute Gasteiger partial charge is 0.481 e. The molecular formula is C21H27FN4O6. The van der Waals surface area contributed by atoms with E-state index < -0.39 is 24.0 Å². The first-order valence-electron chi connectivity index (χ1n) is 10.5. The molecule has 11 heteroatoms. The Bertz CT molecular complexity index is 895. The highest BCUT2D eigenvalue weighted by Gasteiger charge is 2.33. The SMILES string of the molecule is CC(=O)CC[C@H]1CN(c2ccc(N3CCNN(C(=O)CCC(=O)O)CC3)c(F)c2)C(=O)O1. The number of carboxylic acids is 1. The van der Waals surface area contributed by atoms with Crippen LogP contribution in [0.15, 0.2) is 18.2 Å². The number of ketones is 1. The van der Waals surface area contributed by atoms with E-state index in [4.69, 9.17) is 9.84 Å². The molecule has 0 aromatic heterocycles. The van der Waals surface area contributed by atoms with Crippen molar-refractivity contribution < 1.29 is 33.4 Å². The predicted octanol–water partition coefficient (Wildman–Crippen LogP) is 1.54. The number of anilines is 2. The fraction of sp³-hybridized carbons (Fsp3) is 0.524. The molecule has 2 heterocycles. The first-order valence-corrected chi connectivity index (χ1v) is 10.5. The molecule has 0 bridgehead atoms. The van der Waals surface area contributed by atoms with E-state index in [9.17, 15) is 23.6 Å². The van der Waals surface area contributed by atoms with Crippen molar-refractivity contribution in [2.24, 2.45) is 0 Å². The zero-order valence-electron chi connectivity index (χ0n) is 17.9. The van der Waals surface area contributed by atoms with Crippen molar-refractivity contribution in [1.82, 2.24) is 10.4 Å². The first kappa shape index (κ1) is 23.5. The lowest BCUT2D eigenvalue weighted by molar-refractivity contribution is -0.141. The molecule has 2 N–H and O–H groups in total. The normalized spacial score (nSPS) is 19.0. The van der Waals surface area contributed by atoms with Gasteiger partial charge in [-0.15, -0.1) is 0 Å². The van der Waals surface area contributed by atoms with Crippen molar-refractivity contribution in [1.29, 1.82) is 0 Å². The summed E-state index contributed by atoms with van der Waals surface area (Å²) in [7, 11) is 0. The Morgan fingerprint density at radius 2 is 1.97 bits per heavy atom. The van der Waals surface area contributed by atoms with E-state index in [1.54, 1.807) is 17.0 Å². The molecule has 0 saturated carbocycles. The monoisotopic (exact) mass is 450 g/mol. The summed E-state index contributed by atoms with van der Waals surface area (Å²) in [6.45, 7) is 3.20. The second kappa shape index (κ2) is 10.4. The van der Waals surface area contributed by atoms with Gasteiger partial charge in [-0.05, 0) is 31.5 Å². The third-order valence-electron chi connectivity index (χ3n) is 5.41. The number of amides is 2. The number of cyclic esters (lactones) is 1. The topological polar surface area (TPSA) is 119 Å².